The lowest BCUT2D eigenvalue weighted by Crippen LogP contribution is -2.43. The second kappa shape index (κ2) is 8.42. The molecule has 0 aromatic carbocycles. The third-order valence-corrected chi connectivity index (χ3v) is 3.43. The third-order valence-electron chi connectivity index (χ3n) is 2.49. The monoisotopic (exact) mass is 373 g/mol. The molecule has 0 aromatic rings. The summed E-state index contributed by atoms with van der Waals surface area (Å²) in [6.45, 7) is 9.43. The summed E-state index contributed by atoms with van der Waals surface area (Å²) in [4.78, 5) is 6.58. The second-order valence-electron chi connectivity index (χ2n) is 4.47. The quantitative estimate of drug-likeness (QED) is 0.464. The molecule has 1 rings (SSSR count). The van der Waals surface area contributed by atoms with Gasteiger partial charge in [-0.25, -0.2) is 0 Å². The van der Waals surface area contributed by atoms with Gasteiger partial charge >= 0.3 is 0 Å². The van der Waals surface area contributed by atoms with E-state index in [0.29, 0.717) is 19.1 Å². The highest BCUT2D eigenvalue weighted by Crippen LogP contribution is 2.11. The van der Waals surface area contributed by atoms with Crippen LogP contribution in [0.25, 0.3) is 0 Å². The number of aliphatic imine (C=N–C) groups is 1. The molecule has 1 aliphatic rings. The van der Waals surface area contributed by atoms with Crippen molar-refractivity contribution in [1.29, 1.82) is 0 Å². The lowest BCUT2D eigenvalue weighted by atomic mass is 10.1. The molecule has 0 spiro atoms. The average molecular weight is 373 g/mol. The molecule has 0 radical (unpaired) electrons. The van der Waals surface area contributed by atoms with Crippen LogP contribution in [0.2, 0.25) is 0 Å². The first kappa shape index (κ1) is 17.3. The largest absolute Gasteiger partial charge is 0.374 e. The summed E-state index contributed by atoms with van der Waals surface area (Å²) in [5, 5.41) is 0. The van der Waals surface area contributed by atoms with E-state index in [1.165, 1.54) is 0 Å². The standard InChI is InChI=1S/C11H23N3OS.HI/c1-4-15-11(2,3)9-13-10(12)14-5-7-16-8-6-14;/h4-9H2,1-3H3,(H2,12,13);1H. The predicted octanol–water partition coefficient (Wildman–Crippen LogP) is 1.78. The van der Waals surface area contributed by atoms with Gasteiger partial charge in [0.1, 0.15) is 0 Å². The van der Waals surface area contributed by atoms with E-state index in [9.17, 15) is 0 Å². The molecule has 1 heterocycles. The van der Waals surface area contributed by atoms with E-state index in [0.717, 1.165) is 24.6 Å². The molecule has 0 bridgehead atoms. The molecule has 1 fully saturated rings. The summed E-state index contributed by atoms with van der Waals surface area (Å²) in [7, 11) is 0. The topological polar surface area (TPSA) is 50.9 Å². The molecule has 6 heteroatoms. The van der Waals surface area contributed by atoms with Crippen LogP contribution in [0.5, 0.6) is 0 Å². The van der Waals surface area contributed by atoms with Crippen LogP contribution in [0.1, 0.15) is 20.8 Å². The van der Waals surface area contributed by atoms with Crippen LogP contribution in [-0.4, -0.2) is 54.2 Å². The van der Waals surface area contributed by atoms with E-state index in [-0.39, 0.29) is 29.6 Å². The highest BCUT2D eigenvalue weighted by molar-refractivity contribution is 14.0. The molecule has 0 atom stereocenters. The van der Waals surface area contributed by atoms with Gasteiger partial charge in [0.25, 0.3) is 0 Å². The maximum atomic E-state index is 5.96. The van der Waals surface area contributed by atoms with Crippen LogP contribution >= 0.6 is 35.7 Å². The number of guanidine groups is 1. The van der Waals surface area contributed by atoms with Gasteiger partial charge in [-0.1, -0.05) is 0 Å². The fraction of sp³-hybridized carbons (Fsp3) is 0.909. The van der Waals surface area contributed by atoms with Gasteiger partial charge in [-0.15, -0.1) is 24.0 Å². The van der Waals surface area contributed by atoms with E-state index in [1.807, 2.05) is 32.5 Å². The maximum absolute atomic E-state index is 5.96. The summed E-state index contributed by atoms with van der Waals surface area (Å²) < 4.78 is 5.58. The van der Waals surface area contributed by atoms with Gasteiger partial charge in [-0.3, -0.25) is 4.99 Å². The Bertz CT molecular complexity index is 243. The Hall–Kier alpha value is 0.310. The Morgan fingerprint density at radius 2 is 2.00 bits per heavy atom. The molecular weight excluding hydrogens is 349 g/mol. The Morgan fingerprint density at radius 1 is 1.41 bits per heavy atom. The zero-order valence-corrected chi connectivity index (χ0v) is 14.1. The van der Waals surface area contributed by atoms with Gasteiger partial charge in [-0.05, 0) is 20.8 Å². The summed E-state index contributed by atoms with van der Waals surface area (Å²) >= 11 is 1.97. The number of hydrogen-bond acceptors (Lipinski definition) is 3. The molecule has 1 saturated heterocycles. The lowest BCUT2D eigenvalue weighted by Gasteiger charge is -2.28. The summed E-state index contributed by atoms with van der Waals surface area (Å²) in [5.74, 6) is 2.95. The molecular formula is C11H24IN3OS. The molecule has 1 aliphatic heterocycles. The minimum atomic E-state index is -0.218. The fourth-order valence-corrected chi connectivity index (χ4v) is 2.50. The van der Waals surface area contributed by atoms with Crippen LogP contribution in [0.4, 0.5) is 0 Å². The van der Waals surface area contributed by atoms with Crippen molar-refractivity contribution in [2.75, 3.05) is 37.7 Å². The predicted molar refractivity (Wildman–Crippen MR) is 86.5 cm³/mol. The number of nitrogens with two attached hydrogens (primary N) is 1. The van der Waals surface area contributed by atoms with Crippen LogP contribution < -0.4 is 5.73 Å². The normalized spacial score (nSPS) is 17.8. The SMILES string of the molecule is CCOC(C)(C)CN=C(N)N1CCSCC1.I. The molecule has 0 unspecified atom stereocenters. The number of halogens is 1. The Labute approximate surface area is 126 Å². The molecule has 2 N–H and O–H groups in total. The third kappa shape index (κ3) is 6.71. The van der Waals surface area contributed by atoms with Crippen LogP contribution in [0.15, 0.2) is 4.99 Å². The van der Waals surface area contributed by atoms with Crippen LogP contribution in [0, 0.1) is 0 Å². The molecule has 17 heavy (non-hydrogen) atoms. The Balaban J connectivity index is 0.00000256. The second-order valence-corrected chi connectivity index (χ2v) is 5.69. The van der Waals surface area contributed by atoms with E-state index in [4.69, 9.17) is 10.5 Å². The molecule has 0 saturated carbocycles. The Morgan fingerprint density at radius 3 is 2.53 bits per heavy atom. The minimum Gasteiger partial charge on any atom is -0.374 e. The van der Waals surface area contributed by atoms with Crippen molar-refractivity contribution in [2.45, 2.75) is 26.4 Å². The van der Waals surface area contributed by atoms with Crippen molar-refractivity contribution < 1.29 is 4.74 Å². The summed E-state index contributed by atoms with van der Waals surface area (Å²) in [6.07, 6.45) is 0. The molecule has 102 valence electrons. The first-order chi connectivity index (χ1) is 7.55. The average Bonchev–Trinajstić information content (AvgIpc) is 2.27. The van der Waals surface area contributed by atoms with Crippen LogP contribution in [0.3, 0.4) is 0 Å². The van der Waals surface area contributed by atoms with Gasteiger partial charge < -0.3 is 15.4 Å². The van der Waals surface area contributed by atoms with Gasteiger partial charge in [0.05, 0.1) is 12.1 Å². The first-order valence-electron chi connectivity index (χ1n) is 5.82. The van der Waals surface area contributed by atoms with Crippen molar-refractivity contribution in [1.82, 2.24) is 4.90 Å². The van der Waals surface area contributed by atoms with Crippen molar-refractivity contribution in [3.05, 3.63) is 0 Å². The fourth-order valence-electron chi connectivity index (χ4n) is 1.60. The van der Waals surface area contributed by atoms with Crippen molar-refractivity contribution in [3.63, 3.8) is 0 Å². The van der Waals surface area contributed by atoms with E-state index in [1.54, 1.807) is 0 Å². The smallest absolute Gasteiger partial charge is 0.191 e. The van der Waals surface area contributed by atoms with Gasteiger partial charge in [0, 0.05) is 31.2 Å². The Kier molecular flexibility index (Phi) is 8.57. The van der Waals surface area contributed by atoms with Gasteiger partial charge in [0.15, 0.2) is 5.96 Å². The number of rotatable bonds is 4. The zero-order chi connectivity index (χ0) is 12.0. The minimum absolute atomic E-state index is 0. The maximum Gasteiger partial charge on any atom is 0.191 e. The molecule has 4 nitrogen and oxygen atoms in total. The zero-order valence-electron chi connectivity index (χ0n) is 10.9. The highest BCUT2D eigenvalue weighted by Gasteiger charge is 2.18. The number of nitrogens with zero attached hydrogens (tertiary/aromatic N) is 2. The van der Waals surface area contributed by atoms with Crippen molar-refractivity contribution in [2.24, 2.45) is 10.7 Å². The number of thioether (sulfide) groups is 1. The summed E-state index contributed by atoms with van der Waals surface area (Å²) in [5.41, 5.74) is 5.74. The number of hydrogen-bond donors (Lipinski definition) is 1. The molecule has 0 aromatic heterocycles. The molecule has 0 aliphatic carbocycles. The first-order valence-corrected chi connectivity index (χ1v) is 6.97. The van der Waals surface area contributed by atoms with Crippen LogP contribution in [-0.2, 0) is 4.74 Å². The molecule has 0 amide bonds. The van der Waals surface area contributed by atoms with Gasteiger partial charge in [0.2, 0.25) is 0 Å². The summed E-state index contributed by atoms with van der Waals surface area (Å²) in [6, 6.07) is 0. The van der Waals surface area contributed by atoms with E-state index in [2.05, 4.69) is 9.89 Å². The highest BCUT2D eigenvalue weighted by atomic mass is 127. The number of ether oxygens (including phenoxy) is 1. The van der Waals surface area contributed by atoms with Crippen molar-refractivity contribution in [3.8, 4) is 0 Å². The lowest BCUT2D eigenvalue weighted by molar-refractivity contribution is -0.00228. The van der Waals surface area contributed by atoms with Crippen molar-refractivity contribution >= 4 is 41.7 Å². The van der Waals surface area contributed by atoms with Gasteiger partial charge in [-0.2, -0.15) is 11.8 Å². The van der Waals surface area contributed by atoms with E-state index >= 15 is 0 Å². The van der Waals surface area contributed by atoms with E-state index < -0.39 is 0 Å².